The van der Waals surface area contributed by atoms with Gasteiger partial charge in [0.2, 0.25) is 0 Å². The van der Waals surface area contributed by atoms with Gasteiger partial charge in [0.1, 0.15) is 5.58 Å². The van der Waals surface area contributed by atoms with E-state index in [4.69, 9.17) is 9.52 Å². The molecule has 0 aliphatic heterocycles. The van der Waals surface area contributed by atoms with Crippen molar-refractivity contribution in [2.45, 2.75) is 6.42 Å². The van der Waals surface area contributed by atoms with E-state index >= 15 is 0 Å². The molecule has 80 valence electrons. The maximum atomic E-state index is 11.5. The van der Waals surface area contributed by atoms with Gasteiger partial charge in [-0.1, -0.05) is 11.8 Å². The van der Waals surface area contributed by atoms with Crippen molar-refractivity contribution in [1.82, 2.24) is 0 Å². The lowest BCUT2D eigenvalue weighted by Crippen LogP contribution is -1.97. The highest BCUT2D eigenvalue weighted by atomic mass is 16.3. The summed E-state index contributed by atoms with van der Waals surface area (Å²) in [6, 6.07) is 6.59. The van der Waals surface area contributed by atoms with E-state index in [2.05, 4.69) is 11.8 Å². The Labute approximate surface area is 92.3 Å². The van der Waals surface area contributed by atoms with Crippen molar-refractivity contribution in [3.05, 3.63) is 46.3 Å². The normalized spacial score (nSPS) is 9.81. The number of benzene rings is 1. The highest BCUT2D eigenvalue weighted by Gasteiger charge is 1.99. The fraction of sp³-hybridized carbons (Fsp3) is 0.154. The van der Waals surface area contributed by atoms with Crippen molar-refractivity contribution in [3.8, 4) is 11.8 Å². The van der Waals surface area contributed by atoms with Crippen LogP contribution in [0.3, 0.4) is 0 Å². The number of hydrogen-bond donors (Lipinski definition) is 1. The number of hydrogen-bond acceptors (Lipinski definition) is 3. The van der Waals surface area contributed by atoms with Crippen molar-refractivity contribution < 1.29 is 9.52 Å². The summed E-state index contributed by atoms with van der Waals surface area (Å²) in [5.41, 5.74) is 1.23. The second-order valence-corrected chi connectivity index (χ2v) is 3.27. The maximum absolute atomic E-state index is 11.5. The van der Waals surface area contributed by atoms with Gasteiger partial charge in [-0.3, -0.25) is 4.79 Å². The molecule has 2 aromatic rings. The lowest BCUT2D eigenvalue weighted by molar-refractivity contribution is 0.305. The Morgan fingerprint density at radius 2 is 2.19 bits per heavy atom. The lowest BCUT2D eigenvalue weighted by Gasteiger charge is -1.95. The van der Waals surface area contributed by atoms with Crippen molar-refractivity contribution in [2.75, 3.05) is 6.61 Å². The molecule has 0 radical (unpaired) electrons. The minimum absolute atomic E-state index is 0.0444. The van der Waals surface area contributed by atoms with E-state index in [9.17, 15) is 4.79 Å². The molecule has 0 atom stereocenters. The van der Waals surface area contributed by atoms with E-state index in [0.717, 1.165) is 5.56 Å². The van der Waals surface area contributed by atoms with E-state index in [-0.39, 0.29) is 12.0 Å². The zero-order valence-corrected chi connectivity index (χ0v) is 8.56. The fourth-order valence-corrected chi connectivity index (χ4v) is 1.38. The topological polar surface area (TPSA) is 50.4 Å². The molecule has 2 rings (SSSR count). The zero-order valence-electron chi connectivity index (χ0n) is 8.56. The second kappa shape index (κ2) is 4.65. The molecule has 0 saturated carbocycles. The smallest absolute Gasteiger partial charge is 0.192 e. The predicted octanol–water partition coefficient (Wildman–Crippen LogP) is 1.53. The predicted molar refractivity (Wildman–Crippen MR) is 61.1 cm³/mol. The van der Waals surface area contributed by atoms with Crippen LogP contribution in [0.25, 0.3) is 11.0 Å². The lowest BCUT2D eigenvalue weighted by atomic mass is 10.1. The quantitative estimate of drug-likeness (QED) is 0.732. The summed E-state index contributed by atoms with van der Waals surface area (Å²) in [5, 5.41) is 9.12. The van der Waals surface area contributed by atoms with Crippen LogP contribution in [-0.4, -0.2) is 11.7 Å². The Bertz CT molecular complexity index is 614. The fourth-order valence-electron chi connectivity index (χ4n) is 1.38. The monoisotopic (exact) mass is 214 g/mol. The van der Waals surface area contributed by atoms with E-state index in [1.807, 2.05) is 0 Å². The molecule has 0 saturated heterocycles. The molecular weight excluding hydrogens is 204 g/mol. The van der Waals surface area contributed by atoms with E-state index in [1.165, 1.54) is 12.3 Å². The summed E-state index contributed by atoms with van der Waals surface area (Å²) in [7, 11) is 0. The van der Waals surface area contributed by atoms with Crippen LogP contribution in [0, 0.1) is 11.8 Å². The standard InChI is InChI=1S/C13H10O3/c14-7-2-1-3-10-4-5-13-11(9-10)12(15)6-8-16-13/h4-6,8-9,14H,2,7H2. The molecule has 3 heteroatoms. The molecular formula is C13H10O3. The Hall–Kier alpha value is -2.05. The Morgan fingerprint density at radius 1 is 1.31 bits per heavy atom. The van der Waals surface area contributed by atoms with Crippen LogP contribution in [0.2, 0.25) is 0 Å². The summed E-state index contributed by atoms with van der Waals surface area (Å²) in [6.07, 6.45) is 1.81. The first-order chi connectivity index (χ1) is 7.81. The molecule has 3 nitrogen and oxygen atoms in total. The van der Waals surface area contributed by atoms with Crippen LogP contribution in [-0.2, 0) is 0 Å². The van der Waals surface area contributed by atoms with Gasteiger partial charge in [0, 0.05) is 18.1 Å². The summed E-state index contributed by atoms with van der Waals surface area (Å²) in [6.45, 7) is 0.0444. The molecule has 0 aliphatic carbocycles. The van der Waals surface area contributed by atoms with Gasteiger partial charge >= 0.3 is 0 Å². The molecule has 1 aromatic carbocycles. The van der Waals surface area contributed by atoms with Crippen molar-refractivity contribution >= 4 is 11.0 Å². The van der Waals surface area contributed by atoms with Gasteiger partial charge in [-0.2, -0.15) is 0 Å². The zero-order chi connectivity index (χ0) is 11.4. The van der Waals surface area contributed by atoms with Gasteiger partial charge in [-0.25, -0.2) is 0 Å². The molecule has 0 fully saturated rings. The summed E-state index contributed by atoms with van der Waals surface area (Å²) >= 11 is 0. The SMILES string of the molecule is O=c1ccoc2ccc(C#CCCO)cc12. The Kier molecular flexibility index (Phi) is 3.04. The summed E-state index contributed by atoms with van der Waals surface area (Å²) < 4.78 is 5.18. The van der Waals surface area contributed by atoms with Gasteiger partial charge in [-0.05, 0) is 18.2 Å². The Balaban J connectivity index is 2.49. The summed E-state index contributed by atoms with van der Waals surface area (Å²) in [5.74, 6) is 5.68. The summed E-state index contributed by atoms with van der Waals surface area (Å²) in [4.78, 5) is 11.5. The van der Waals surface area contributed by atoms with E-state index in [1.54, 1.807) is 18.2 Å². The highest BCUT2D eigenvalue weighted by molar-refractivity contribution is 5.77. The van der Waals surface area contributed by atoms with Crippen LogP contribution in [0.5, 0.6) is 0 Å². The maximum Gasteiger partial charge on any atom is 0.192 e. The number of aliphatic hydroxyl groups is 1. The Morgan fingerprint density at radius 3 is 3.00 bits per heavy atom. The van der Waals surface area contributed by atoms with Crippen molar-refractivity contribution in [1.29, 1.82) is 0 Å². The third-order valence-corrected chi connectivity index (χ3v) is 2.13. The third kappa shape index (κ3) is 2.13. The second-order valence-electron chi connectivity index (χ2n) is 3.27. The molecule has 1 aromatic heterocycles. The molecule has 0 spiro atoms. The molecule has 0 aliphatic rings. The molecule has 0 unspecified atom stereocenters. The highest BCUT2D eigenvalue weighted by Crippen LogP contribution is 2.11. The first-order valence-electron chi connectivity index (χ1n) is 4.92. The molecule has 0 amide bonds. The average molecular weight is 214 g/mol. The third-order valence-electron chi connectivity index (χ3n) is 2.13. The largest absolute Gasteiger partial charge is 0.464 e. The number of aliphatic hydroxyl groups excluding tert-OH is 1. The van der Waals surface area contributed by atoms with Gasteiger partial charge < -0.3 is 9.52 Å². The molecule has 0 bridgehead atoms. The molecule has 1 N–H and O–H groups in total. The van der Waals surface area contributed by atoms with E-state index in [0.29, 0.717) is 17.4 Å². The average Bonchev–Trinajstić information content (AvgIpc) is 2.30. The van der Waals surface area contributed by atoms with Gasteiger partial charge in [0.15, 0.2) is 5.43 Å². The van der Waals surface area contributed by atoms with Crippen LogP contribution in [0.15, 0.2) is 39.7 Å². The van der Waals surface area contributed by atoms with Crippen LogP contribution >= 0.6 is 0 Å². The van der Waals surface area contributed by atoms with Crippen molar-refractivity contribution in [3.63, 3.8) is 0 Å². The molecule has 1 heterocycles. The minimum atomic E-state index is -0.0768. The number of rotatable bonds is 1. The van der Waals surface area contributed by atoms with Crippen LogP contribution < -0.4 is 5.43 Å². The number of fused-ring (bicyclic) bond motifs is 1. The van der Waals surface area contributed by atoms with Gasteiger partial charge in [0.05, 0.1) is 18.3 Å². The minimum Gasteiger partial charge on any atom is -0.464 e. The first-order valence-corrected chi connectivity index (χ1v) is 4.92. The van der Waals surface area contributed by atoms with Crippen molar-refractivity contribution in [2.24, 2.45) is 0 Å². The van der Waals surface area contributed by atoms with Gasteiger partial charge in [0.25, 0.3) is 0 Å². The van der Waals surface area contributed by atoms with Crippen LogP contribution in [0.1, 0.15) is 12.0 Å². The molecule has 16 heavy (non-hydrogen) atoms. The first kappa shape index (κ1) is 10.5. The van der Waals surface area contributed by atoms with Crippen LogP contribution in [0.4, 0.5) is 0 Å². The van der Waals surface area contributed by atoms with E-state index < -0.39 is 0 Å². The van der Waals surface area contributed by atoms with Gasteiger partial charge in [-0.15, -0.1) is 0 Å².